The molecule has 0 spiro atoms. The van der Waals surface area contributed by atoms with Gasteiger partial charge < -0.3 is 14.6 Å². The molecule has 2 fully saturated rings. The van der Waals surface area contributed by atoms with Gasteiger partial charge >= 0.3 is 0 Å². The Balaban J connectivity index is 1.69. The van der Waals surface area contributed by atoms with Gasteiger partial charge in [-0.25, -0.2) is 0 Å². The Labute approximate surface area is 130 Å². The molecule has 1 aliphatic heterocycles. The van der Waals surface area contributed by atoms with Crippen molar-refractivity contribution in [3.05, 3.63) is 35.5 Å². The van der Waals surface area contributed by atoms with Crippen molar-refractivity contribution in [3.63, 3.8) is 0 Å². The molecule has 22 heavy (non-hydrogen) atoms. The topological polar surface area (TPSA) is 45.5 Å². The smallest absolute Gasteiger partial charge is 0.256 e. The molecule has 1 saturated heterocycles. The molecule has 1 aromatic carbocycles. The van der Waals surface area contributed by atoms with Crippen LogP contribution >= 0.6 is 0 Å². The first-order chi connectivity index (χ1) is 10.6. The fraction of sp³-hybridized carbons (Fsp3) is 0.500. The fourth-order valence-electron chi connectivity index (χ4n) is 4.38. The lowest BCUT2D eigenvalue weighted by atomic mass is 10.0. The number of carbonyl (C=O) groups excluding carboxylic acids is 1. The van der Waals surface area contributed by atoms with Crippen LogP contribution in [-0.2, 0) is 7.05 Å². The van der Waals surface area contributed by atoms with Crippen molar-refractivity contribution in [2.24, 2.45) is 18.9 Å². The van der Waals surface area contributed by atoms with Crippen LogP contribution in [0, 0.1) is 18.8 Å². The van der Waals surface area contributed by atoms with E-state index >= 15 is 0 Å². The SMILES string of the molecule is Cc1c(C(=O)N2C[C@H]3CC(O)C[C@H]3C2)c2ccccc2n1C. The number of aryl methyl sites for hydroxylation is 1. The Kier molecular flexibility index (Phi) is 3.05. The normalized spacial score (nSPS) is 27.6. The standard InChI is InChI=1S/C18H22N2O2/c1-11-17(15-5-3-4-6-16(15)19(11)2)18(22)20-9-12-7-14(21)8-13(12)10-20/h3-6,12-14,21H,7-10H2,1-2H3/t12-,13+,14?. The zero-order chi connectivity index (χ0) is 15.4. The molecule has 0 radical (unpaired) electrons. The molecule has 1 N–H and O–H groups in total. The summed E-state index contributed by atoms with van der Waals surface area (Å²) in [7, 11) is 2.02. The minimum absolute atomic E-state index is 0.151. The highest BCUT2D eigenvalue weighted by molar-refractivity contribution is 6.08. The number of carbonyl (C=O) groups is 1. The maximum atomic E-state index is 13.1. The molecule has 1 aromatic heterocycles. The highest BCUT2D eigenvalue weighted by atomic mass is 16.3. The Morgan fingerprint density at radius 3 is 2.50 bits per heavy atom. The van der Waals surface area contributed by atoms with Crippen LogP contribution in [0.15, 0.2) is 24.3 Å². The van der Waals surface area contributed by atoms with Crippen molar-refractivity contribution in [3.8, 4) is 0 Å². The van der Waals surface area contributed by atoms with Crippen molar-refractivity contribution in [1.82, 2.24) is 9.47 Å². The maximum Gasteiger partial charge on any atom is 0.256 e. The second kappa shape index (κ2) is 4.85. The number of rotatable bonds is 1. The van der Waals surface area contributed by atoms with Gasteiger partial charge in [-0.1, -0.05) is 18.2 Å². The number of benzene rings is 1. The summed E-state index contributed by atoms with van der Waals surface area (Å²) in [5.41, 5.74) is 2.99. The maximum absolute atomic E-state index is 13.1. The van der Waals surface area contributed by atoms with Gasteiger partial charge in [-0.05, 0) is 37.7 Å². The molecule has 4 rings (SSSR count). The van der Waals surface area contributed by atoms with Gasteiger partial charge in [-0.3, -0.25) is 4.79 Å². The molecule has 4 heteroatoms. The summed E-state index contributed by atoms with van der Waals surface area (Å²) >= 11 is 0. The van der Waals surface area contributed by atoms with Crippen molar-refractivity contribution in [1.29, 1.82) is 0 Å². The van der Waals surface area contributed by atoms with Crippen molar-refractivity contribution < 1.29 is 9.90 Å². The van der Waals surface area contributed by atoms with E-state index in [0.29, 0.717) is 11.8 Å². The second-order valence-electron chi connectivity index (χ2n) is 6.89. The van der Waals surface area contributed by atoms with E-state index in [-0.39, 0.29) is 12.0 Å². The van der Waals surface area contributed by atoms with Gasteiger partial charge in [0, 0.05) is 36.7 Å². The molecule has 1 aliphatic carbocycles. The largest absolute Gasteiger partial charge is 0.393 e. The number of aliphatic hydroxyl groups excluding tert-OH is 1. The van der Waals surface area contributed by atoms with Crippen molar-refractivity contribution in [2.45, 2.75) is 25.9 Å². The minimum atomic E-state index is -0.161. The third kappa shape index (κ3) is 1.90. The third-order valence-corrected chi connectivity index (χ3v) is 5.63. The molecule has 1 saturated carbocycles. The lowest BCUT2D eigenvalue weighted by Gasteiger charge is -2.18. The summed E-state index contributed by atoms with van der Waals surface area (Å²) in [6, 6.07) is 8.11. The lowest BCUT2D eigenvalue weighted by Crippen LogP contribution is -2.30. The molecule has 116 valence electrons. The molecule has 2 heterocycles. The first-order valence-corrected chi connectivity index (χ1v) is 8.07. The zero-order valence-corrected chi connectivity index (χ0v) is 13.1. The van der Waals surface area contributed by atoms with Crippen molar-refractivity contribution in [2.75, 3.05) is 13.1 Å². The summed E-state index contributed by atoms with van der Waals surface area (Å²) < 4.78 is 2.10. The molecule has 0 bridgehead atoms. The first kappa shape index (κ1) is 13.8. The molecule has 1 amide bonds. The van der Waals surface area contributed by atoms with Crippen molar-refractivity contribution >= 4 is 16.8 Å². The Morgan fingerprint density at radius 2 is 1.82 bits per heavy atom. The van der Waals surface area contributed by atoms with Crippen LogP contribution in [0.2, 0.25) is 0 Å². The predicted molar refractivity (Wildman–Crippen MR) is 85.8 cm³/mol. The second-order valence-corrected chi connectivity index (χ2v) is 6.89. The monoisotopic (exact) mass is 298 g/mol. The van der Waals surface area contributed by atoms with Gasteiger partial charge in [-0.2, -0.15) is 0 Å². The summed E-state index contributed by atoms with van der Waals surface area (Å²) in [5.74, 6) is 1.11. The molecule has 4 nitrogen and oxygen atoms in total. The number of fused-ring (bicyclic) bond motifs is 2. The zero-order valence-electron chi connectivity index (χ0n) is 13.1. The van der Waals surface area contributed by atoms with Gasteiger partial charge in [0.05, 0.1) is 11.7 Å². The van der Waals surface area contributed by atoms with Crippen LogP contribution in [0.3, 0.4) is 0 Å². The van der Waals surface area contributed by atoms with Crippen LogP contribution < -0.4 is 0 Å². The number of aromatic nitrogens is 1. The fourth-order valence-corrected chi connectivity index (χ4v) is 4.38. The van der Waals surface area contributed by atoms with E-state index in [1.165, 1.54) is 0 Å². The highest BCUT2D eigenvalue weighted by Crippen LogP contribution is 2.39. The number of hydrogen-bond acceptors (Lipinski definition) is 2. The van der Waals surface area contributed by atoms with Gasteiger partial charge in [0.2, 0.25) is 0 Å². The van der Waals surface area contributed by atoms with E-state index in [1.54, 1.807) is 0 Å². The van der Waals surface area contributed by atoms with E-state index in [1.807, 2.05) is 37.1 Å². The predicted octanol–water partition coefficient (Wildman–Crippen LogP) is 2.33. The van der Waals surface area contributed by atoms with E-state index in [4.69, 9.17) is 0 Å². The molecular weight excluding hydrogens is 276 g/mol. The van der Waals surface area contributed by atoms with E-state index in [0.717, 1.165) is 48.1 Å². The number of likely N-dealkylation sites (tertiary alicyclic amines) is 1. The lowest BCUT2D eigenvalue weighted by molar-refractivity contribution is 0.0766. The van der Waals surface area contributed by atoms with Crippen LogP contribution in [0.25, 0.3) is 10.9 Å². The summed E-state index contributed by atoms with van der Waals surface area (Å²) in [5, 5.41) is 10.8. The summed E-state index contributed by atoms with van der Waals surface area (Å²) in [6.45, 7) is 3.61. The Hall–Kier alpha value is -1.81. The number of nitrogens with zero attached hydrogens (tertiary/aromatic N) is 2. The van der Waals surface area contributed by atoms with E-state index < -0.39 is 0 Å². The van der Waals surface area contributed by atoms with Gasteiger partial charge in [0.1, 0.15) is 0 Å². The summed E-state index contributed by atoms with van der Waals surface area (Å²) in [4.78, 5) is 15.1. The quantitative estimate of drug-likeness (QED) is 0.878. The number of aliphatic hydroxyl groups is 1. The third-order valence-electron chi connectivity index (χ3n) is 5.63. The highest BCUT2D eigenvalue weighted by Gasteiger charge is 2.42. The molecule has 2 aliphatic rings. The summed E-state index contributed by atoms with van der Waals surface area (Å²) in [6.07, 6.45) is 1.54. The van der Waals surface area contributed by atoms with E-state index in [2.05, 4.69) is 10.6 Å². The molecule has 1 unspecified atom stereocenters. The average Bonchev–Trinajstić information content (AvgIpc) is 3.10. The van der Waals surface area contributed by atoms with Gasteiger partial charge in [0.15, 0.2) is 0 Å². The van der Waals surface area contributed by atoms with Crippen LogP contribution in [0.5, 0.6) is 0 Å². The van der Waals surface area contributed by atoms with E-state index in [9.17, 15) is 9.90 Å². The minimum Gasteiger partial charge on any atom is -0.393 e. The van der Waals surface area contributed by atoms with Gasteiger partial charge in [-0.15, -0.1) is 0 Å². The Bertz CT molecular complexity index is 735. The van der Waals surface area contributed by atoms with Gasteiger partial charge in [0.25, 0.3) is 5.91 Å². The first-order valence-electron chi connectivity index (χ1n) is 8.07. The molecular formula is C18H22N2O2. The number of hydrogen-bond donors (Lipinski definition) is 1. The molecule has 3 atom stereocenters. The molecule has 2 aromatic rings. The van der Waals surface area contributed by atoms with Crippen LogP contribution in [0.4, 0.5) is 0 Å². The average molecular weight is 298 g/mol. The Morgan fingerprint density at radius 1 is 1.18 bits per heavy atom. The number of para-hydroxylation sites is 1. The van der Waals surface area contributed by atoms with Crippen LogP contribution in [-0.4, -0.2) is 39.7 Å². The van der Waals surface area contributed by atoms with Crippen LogP contribution in [0.1, 0.15) is 28.9 Å². The number of amides is 1.